The van der Waals surface area contributed by atoms with E-state index in [9.17, 15) is 0 Å². The highest BCUT2D eigenvalue weighted by Gasteiger charge is 2.59. The minimum absolute atomic E-state index is 0.537. The van der Waals surface area contributed by atoms with Crippen LogP contribution in [0.25, 0.3) is 0 Å². The number of benzene rings is 1. The SMILES string of the molecule is CCNC12CC(c3ccccc3)CC1C2. The molecule has 2 aliphatic carbocycles. The molecule has 3 atom stereocenters. The van der Waals surface area contributed by atoms with Crippen molar-refractivity contribution < 1.29 is 0 Å². The van der Waals surface area contributed by atoms with Crippen LogP contribution in [0.5, 0.6) is 0 Å². The Bertz CT molecular complexity index is 346. The van der Waals surface area contributed by atoms with E-state index in [0.717, 1.165) is 18.4 Å². The van der Waals surface area contributed by atoms with Gasteiger partial charge in [0.1, 0.15) is 0 Å². The number of fused-ring (bicyclic) bond motifs is 1. The molecule has 2 saturated carbocycles. The molecule has 0 bridgehead atoms. The fourth-order valence-corrected chi connectivity index (χ4v) is 3.43. The van der Waals surface area contributed by atoms with E-state index >= 15 is 0 Å². The summed E-state index contributed by atoms with van der Waals surface area (Å²) < 4.78 is 0. The molecular formula is C14H19N. The molecule has 3 rings (SSSR count). The Labute approximate surface area is 91.9 Å². The van der Waals surface area contributed by atoms with E-state index in [4.69, 9.17) is 0 Å². The summed E-state index contributed by atoms with van der Waals surface area (Å²) in [5.41, 5.74) is 2.08. The molecule has 0 aromatic heterocycles. The van der Waals surface area contributed by atoms with Crippen molar-refractivity contribution in [2.75, 3.05) is 6.54 Å². The van der Waals surface area contributed by atoms with Crippen LogP contribution in [0.3, 0.4) is 0 Å². The molecule has 0 aliphatic heterocycles. The lowest BCUT2D eigenvalue weighted by atomic mass is 9.93. The van der Waals surface area contributed by atoms with E-state index in [2.05, 4.69) is 42.6 Å². The molecule has 0 amide bonds. The van der Waals surface area contributed by atoms with Crippen LogP contribution < -0.4 is 5.32 Å². The molecule has 1 nitrogen and oxygen atoms in total. The van der Waals surface area contributed by atoms with Crippen LogP contribution in [-0.2, 0) is 0 Å². The van der Waals surface area contributed by atoms with E-state index < -0.39 is 0 Å². The first-order chi connectivity index (χ1) is 7.34. The number of hydrogen-bond donors (Lipinski definition) is 1. The summed E-state index contributed by atoms with van der Waals surface area (Å²) in [5.74, 6) is 1.77. The zero-order valence-corrected chi connectivity index (χ0v) is 9.37. The molecule has 80 valence electrons. The largest absolute Gasteiger partial charge is 0.311 e. The third-order valence-electron chi connectivity index (χ3n) is 4.21. The number of hydrogen-bond acceptors (Lipinski definition) is 1. The first-order valence-electron chi connectivity index (χ1n) is 6.14. The maximum absolute atomic E-state index is 3.69. The summed E-state index contributed by atoms with van der Waals surface area (Å²) in [6.07, 6.45) is 4.18. The van der Waals surface area contributed by atoms with Crippen LogP contribution in [-0.4, -0.2) is 12.1 Å². The van der Waals surface area contributed by atoms with Gasteiger partial charge in [-0.05, 0) is 43.2 Å². The average Bonchev–Trinajstić information content (AvgIpc) is 2.82. The van der Waals surface area contributed by atoms with E-state index in [1.54, 1.807) is 5.56 Å². The molecule has 1 aromatic carbocycles. The van der Waals surface area contributed by atoms with Gasteiger partial charge < -0.3 is 5.32 Å². The molecule has 2 aliphatic rings. The fourth-order valence-electron chi connectivity index (χ4n) is 3.43. The van der Waals surface area contributed by atoms with Crippen molar-refractivity contribution in [2.45, 2.75) is 37.6 Å². The topological polar surface area (TPSA) is 12.0 Å². The van der Waals surface area contributed by atoms with Gasteiger partial charge in [-0.1, -0.05) is 37.3 Å². The fraction of sp³-hybridized carbons (Fsp3) is 0.571. The normalized spacial score (nSPS) is 37.7. The lowest BCUT2D eigenvalue weighted by Gasteiger charge is -2.17. The van der Waals surface area contributed by atoms with Gasteiger partial charge in [-0.3, -0.25) is 0 Å². The van der Waals surface area contributed by atoms with Gasteiger partial charge >= 0.3 is 0 Å². The molecule has 0 spiro atoms. The van der Waals surface area contributed by atoms with E-state index in [1.807, 2.05) is 0 Å². The smallest absolute Gasteiger partial charge is 0.0219 e. The van der Waals surface area contributed by atoms with Crippen LogP contribution in [0.2, 0.25) is 0 Å². The molecule has 1 N–H and O–H groups in total. The second kappa shape index (κ2) is 3.34. The third kappa shape index (κ3) is 1.50. The van der Waals surface area contributed by atoms with Crippen LogP contribution in [0.1, 0.15) is 37.7 Å². The molecule has 0 heterocycles. The third-order valence-corrected chi connectivity index (χ3v) is 4.21. The second-order valence-electron chi connectivity index (χ2n) is 5.13. The van der Waals surface area contributed by atoms with Gasteiger partial charge in [0, 0.05) is 5.54 Å². The molecule has 1 heteroatoms. The molecule has 1 aromatic rings. The van der Waals surface area contributed by atoms with Crippen molar-refractivity contribution in [3.63, 3.8) is 0 Å². The second-order valence-corrected chi connectivity index (χ2v) is 5.13. The standard InChI is InChI=1S/C14H19N/c1-2-15-14-9-12(8-13(14)10-14)11-6-4-3-5-7-11/h3-7,12-13,15H,2,8-10H2,1H3. The van der Waals surface area contributed by atoms with Crippen LogP contribution in [0.15, 0.2) is 30.3 Å². The van der Waals surface area contributed by atoms with E-state index in [0.29, 0.717) is 5.54 Å². The lowest BCUT2D eigenvalue weighted by Crippen LogP contribution is -2.31. The molecular weight excluding hydrogens is 182 g/mol. The van der Waals surface area contributed by atoms with Crippen molar-refractivity contribution in [1.29, 1.82) is 0 Å². The van der Waals surface area contributed by atoms with Crippen molar-refractivity contribution in [2.24, 2.45) is 5.92 Å². The van der Waals surface area contributed by atoms with Gasteiger partial charge in [-0.25, -0.2) is 0 Å². The number of rotatable bonds is 3. The monoisotopic (exact) mass is 201 g/mol. The first kappa shape index (κ1) is 9.41. The Hall–Kier alpha value is -0.820. The Balaban J connectivity index is 1.73. The Kier molecular flexibility index (Phi) is 2.10. The number of nitrogens with one attached hydrogen (secondary N) is 1. The Morgan fingerprint density at radius 3 is 2.80 bits per heavy atom. The molecule has 2 fully saturated rings. The summed E-state index contributed by atoms with van der Waals surface area (Å²) in [5, 5.41) is 3.69. The van der Waals surface area contributed by atoms with Gasteiger partial charge in [0.15, 0.2) is 0 Å². The highest BCUT2D eigenvalue weighted by Crippen LogP contribution is 2.60. The van der Waals surface area contributed by atoms with Crippen LogP contribution in [0.4, 0.5) is 0 Å². The summed E-state index contributed by atoms with van der Waals surface area (Å²) in [6, 6.07) is 11.0. The molecule has 15 heavy (non-hydrogen) atoms. The predicted octanol–water partition coefficient (Wildman–Crippen LogP) is 2.93. The van der Waals surface area contributed by atoms with Gasteiger partial charge in [-0.15, -0.1) is 0 Å². The highest BCUT2D eigenvalue weighted by atomic mass is 15.0. The predicted molar refractivity (Wildman–Crippen MR) is 62.9 cm³/mol. The average molecular weight is 201 g/mol. The van der Waals surface area contributed by atoms with Gasteiger partial charge in [0.05, 0.1) is 0 Å². The minimum Gasteiger partial charge on any atom is -0.311 e. The van der Waals surface area contributed by atoms with Crippen molar-refractivity contribution in [3.8, 4) is 0 Å². The molecule has 3 unspecified atom stereocenters. The van der Waals surface area contributed by atoms with Crippen LogP contribution >= 0.6 is 0 Å². The van der Waals surface area contributed by atoms with Gasteiger partial charge in [0.2, 0.25) is 0 Å². The first-order valence-corrected chi connectivity index (χ1v) is 6.14. The van der Waals surface area contributed by atoms with Gasteiger partial charge in [-0.2, -0.15) is 0 Å². The summed E-state index contributed by atoms with van der Waals surface area (Å²) in [7, 11) is 0. The van der Waals surface area contributed by atoms with Crippen LogP contribution in [0, 0.1) is 5.92 Å². The summed E-state index contributed by atoms with van der Waals surface area (Å²) in [6.45, 7) is 3.35. The summed E-state index contributed by atoms with van der Waals surface area (Å²) in [4.78, 5) is 0. The Morgan fingerprint density at radius 2 is 2.07 bits per heavy atom. The Morgan fingerprint density at radius 1 is 1.27 bits per heavy atom. The van der Waals surface area contributed by atoms with Gasteiger partial charge in [0.25, 0.3) is 0 Å². The van der Waals surface area contributed by atoms with Crippen molar-refractivity contribution >= 4 is 0 Å². The maximum Gasteiger partial charge on any atom is 0.0219 e. The quantitative estimate of drug-likeness (QED) is 0.793. The maximum atomic E-state index is 3.69. The van der Waals surface area contributed by atoms with Crippen molar-refractivity contribution in [3.05, 3.63) is 35.9 Å². The zero-order chi connectivity index (χ0) is 10.3. The van der Waals surface area contributed by atoms with Crippen molar-refractivity contribution in [1.82, 2.24) is 5.32 Å². The summed E-state index contributed by atoms with van der Waals surface area (Å²) >= 11 is 0. The zero-order valence-electron chi connectivity index (χ0n) is 9.37. The lowest BCUT2D eigenvalue weighted by molar-refractivity contribution is 0.479. The molecule has 0 radical (unpaired) electrons. The van der Waals surface area contributed by atoms with E-state index in [1.165, 1.54) is 19.3 Å². The highest BCUT2D eigenvalue weighted by molar-refractivity contribution is 5.28. The minimum atomic E-state index is 0.537. The van der Waals surface area contributed by atoms with E-state index in [-0.39, 0.29) is 0 Å². The molecule has 0 saturated heterocycles.